The van der Waals surface area contributed by atoms with Gasteiger partial charge in [0.05, 0.1) is 13.2 Å². The van der Waals surface area contributed by atoms with Crippen molar-refractivity contribution in [2.45, 2.75) is 46.2 Å². The van der Waals surface area contributed by atoms with Gasteiger partial charge in [-0.3, -0.25) is 15.4 Å². The van der Waals surface area contributed by atoms with Crippen LogP contribution in [0.15, 0.2) is 24.3 Å². The fourth-order valence-electron chi connectivity index (χ4n) is 2.24. The zero-order valence-corrected chi connectivity index (χ0v) is 14.0. The van der Waals surface area contributed by atoms with Crippen molar-refractivity contribution in [3.05, 3.63) is 35.4 Å². The van der Waals surface area contributed by atoms with Crippen molar-refractivity contribution < 1.29 is 14.3 Å². The molecule has 0 aliphatic rings. The highest BCUT2D eigenvalue weighted by atomic mass is 16.5. The Labute approximate surface area is 132 Å². The third-order valence-corrected chi connectivity index (χ3v) is 3.65. The summed E-state index contributed by atoms with van der Waals surface area (Å²) in [5.41, 5.74) is 2.41. The van der Waals surface area contributed by atoms with Gasteiger partial charge < -0.3 is 4.74 Å². The lowest BCUT2D eigenvalue weighted by Gasteiger charge is -2.26. The van der Waals surface area contributed by atoms with Gasteiger partial charge in [-0.2, -0.15) is 0 Å². The Hall–Kier alpha value is -1.88. The Morgan fingerprint density at radius 2 is 1.73 bits per heavy atom. The number of nitrogens with one attached hydrogen (secondary N) is 2. The first-order chi connectivity index (χ1) is 10.4. The van der Waals surface area contributed by atoms with E-state index in [1.807, 2.05) is 0 Å². The van der Waals surface area contributed by atoms with E-state index in [1.54, 1.807) is 6.92 Å². The average Bonchev–Trinajstić information content (AvgIpc) is 2.51. The molecule has 0 aromatic heterocycles. The lowest BCUT2D eigenvalue weighted by atomic mass is 9.94. The van der Waals surface area contributed by atoms with E-state index in [-0.39, 0.29) is 6.04 Å². The zero-order valence-electron chi connectivity index (χ0n) is 14.0. The normalized spacial score (nSPS) is 13.5. The smallest absolute Gasteiger partial charge is 0.413 e. The summed E-state index contributed by atoms with van der Waals surface area (Å²) in [6, 6.07) is 7.90. The molecule has 0 aliphatic carbocycles. The predicted molar refractivity (Wildman–Crippen MR) is 86.5 cm³/mol. The standard InChI is InChI=1S/C17H26N2O3/c1-6-13-7-9-14(10-8-13)15(11(2)3)18-12(4)16(20)19-17(21)22-5/h7-12,15,18H,6H2,1-5H3,(H,19,20,21)/t12-,15-/m1/s1. The van der Waals surface area contributed by atoms with E-state index in [0.29, 0.717) is 5.92 Å². The molecular formula is C17H26N2O3. The fourth-order valence-corrected chi connectivity index (χ4v) is 2.24. The molecule has 0 saturated carbocycles. The van der Waals surface area contributed by atoms with Crippen LogP contribution in [-0.4, -0.2) is 25.2 Å². The maximum Gasteiger partial charge on any atom is 0.413 e. The summed E-state index contributed by atoms with van der Waals surface area (Å²) in [4.78, 5) is 23.0. The first-order valence-electron chi connectivity index (χ1n) is 7.62. The van der Waals surface area contributed by atoms with Crippen molar-refractivity contribution in [3.63, 3.8) is 0 Å². The van der Waals surface area contributed by atoms with E-state index in [1.165, 1.54) is 12.7 Å². The summed E-state index contributed by atoms with van der Waals surface area (Å²) in [6.45, 7) is 8.03. The molecule has 2 amide bonds. The molecule has 0 heterocycles. The van der Waals surface area contributed by atoms with Crippen LogP contribution in [0.3, 0.4) is 0 Å². The summed E-state index contributed by atoms with van der Waals surface area (Å²) in [5, 5.41) is 5.46. The van der Waals surface area contributed by atoms with Crippen LogP contribution in [0.4, 0.5) is 4.79 Å². The van der Waals surface area contributed by atoms with Gasteiger partial charge in [0.15, 0.2) is 0 Å². The third kappa shape index (κ3) is 5.15. The van der Waals surface area contributed by atoms with Gasteiger partial charge in [0.25, 0.3) is 0 Å². The number of amides is 2. The molecule has 2 N–H and O–H groups in total. The Morgan fingerprint density at radius 3 is 2.18 bits per heavy atom. The second-order valence-electron chi connectivity index (χ2n) is 5.69. The third-order valence-electron chi connectivity index (χ3n) is 3.65. The molecule has 0 saturated heterocycles. The van der Waals surface area contributed by atoms with Crippen LogP contribution in [0.5, 0.6) is 0 Å². The molecule has 1 aromatic carbocycles. The van der Waals surface area contributed by atoms with Crippen molar-refractivity contribution in [2.75, 3.05) is 7.11 Å². The van der Waals surface area contributed by atoms with Crippen LogP contribution in [0, 0.1) is 5.92 Å². The molecule has 1 rings (SSSR count). The van der Waals surface area contributed by atoms with Gasteiger partial charge in [0, 0.05) is 6.04 Å². The molecule has 0 spiro atoms. The number of carbonyl (C=O) groups excluding carboxylic acids is 2. The number of rotatable bonds is 6. The second kappa shape index (κ2) is 8.54. The van der Waals surface area contributed by atoms with Gasteiger partial charge in [0.2, 0.25) is 5.91 Å². The van der Waals surface area contributed by atoms with Gasteiger partial charge in [-0.05, 0) is 30.4 Å². The molecule has 5 nitrogen and oxygen atoms in total. The SMILES string of the molecule is CCc1ccc([C@H](N[C@H](C)C(=O)NC(=O)OC)C(C)C)cc1. The minimum atomic E-state index is -0.743. The van der Waals surface area contributed by atoms with E-state index >= 15 is 0 Å². The number of hydrogen-bond donors (Lipinski definition) is 2. The molecule has 0 fully saturated rings. The highest BCUT2D eigenvalue weighted by Gasteiger charge is 2.23. The number of hydrogen-bond acceptors (Lipinski definition) is 4. The number of carbonyl (C=O) groups is 2. The van der Waals surface area contributed by atoms with Crippen LogP contribution in [0.25, 0.3) is 0 Å². The topological polar surface area (TPSA) is 67.4 Å². The molecule has 0 bridgehead atoms. The number of ether oxygens (including phenoxy) is 1. The quantitative estimate of drug-likeness (QED) is 0.848. The number of imide groups is 1. The van der Waals surface area contributed by atoms with E-state index in [2.05, 4.69) is 60.4 Å². The van der Waals surface area contributed by atoms with Gasteiger partial charge >= 0.3 is 6.09 Å². The summed E-state index contributed by atoms with van der Waals surface area (Å²) in [5.74, 6) is -0.0940. The fraction of sp³-hybridized carbons (Fsp3) is 0.529. The van der Waals surface area contributed by atoms with E-state index in [0.717, 1.165) is 12.0 Å². The average molecular weight is 306 g/mol. The van der Waals surface area contributed by atoms with E-state index in [9.17, 15) is 9.59 Å². The molecular weight excluding hydrogens is 280 g/mol. The maximum absolute atomic E-state index is 11.9. The number of benzene rings is 1. The molecule has 22 heavy (non-hydrogen) atoms. The van der Waals surface area contributed by atoms with Crippen molar-refractivity contribution in [3.8, 4) is 0 Å². The summed E-state index contributed by atoms with van der Waals surface area (Å²) < 4.78 is 4.43. The lowest BCUT2D eigenvalue weighted by molar-refractivity contribution is -0.122. The molecule has 0 unspecified atom stereocenters. The van der Waals surface area contributed by atoms with Crippen LogP contribution in [0.2, 0.25) is 0 Å². The monoisotopic (exact) mass is 306 g/mol. The second-order valence-corrected chi connectivity index (χ2v) is 5.69. The van der Waals surface area contributed by atoms with Crippen LogP contribution >= 0.6 is 0 Å². The Kier molecular flexibility index (Phi) is 7.05. The molecule has 2 atom stereocenters. The summed E-state index contributed by atoms with van der Waals surface area (Å²) in [7, 11) is 1.23. The molecule has 0 aliphatic heterocycles. The predicted octanol–water partition coefficient (Wildman–Crippen LogP) is 2.81. The molecule has 122 valence electrons. The van der Waals surface area contributed by atoms with Gasteiger partial charge in [-0.1, -0.05) is 45.0 Å². The first kappa shape index (κ1) is 18.2. The summed E-state index contributed by atoms with van der Waals surface area (Å²) in [6.07, 6.45) is 0.255. The zero-order chi connectivity index (χ0) is 16.7. The molecule has 0 radical (unpaired) electrons. The van der Waals surface area contributed by atoms with Gasteiger partial charge in [-0.15, -0.1) is 0 Å². The highest BCUT2D eigenvalue weighted by molar-refractivity contribution is 5.94. The summed E-state index contributed by atoms with van der Waals surface area (Å²) >= 11 is 0. The number of aryl methyl sites for hydroxylation is 1. The largest absolute Gasteiger partial charge is 0.453 e. The minimum Gasteiger partial charge on any atom is -0.453 e. The first-order valence-corrected chi connectivity index (χ1v) is 7.62. The van der Waals surface area contributed by atoms with Crippen molar-refractivity contribution >= 4 is 12.0 Å². The van der Waals surface area contributed by atoms with Gasteiger partial charge in [-0.25, -0.2) is 4.79 Å². The lowest BCUT2D eigenvalue weighted by Crippen LogP contribution is -2.46. The van der Waals surface area contributed by atoms with E-state index < -0.39 is 18.0 Å². The Morgan fingerprint density at radius 1 is 1.14 bits per heavy atom. The van der Waals surface area contributed by atoms with Crippen molar-refractivity contribution in [1.29, 1.82) is 0 Å². The van der Waals surface area contributed by atoms with Crippen molar-refractivity contribution in [1.82, 2.24) is 10.6 Å². The van der Waals surface area contributed by atoms with Crippen LogP contribution in [0.1, 0.15) is 44.9 Å². The van der Waals surface area contributed by atoms with Crippen LogP contribution < -0.4 is 10.6 Å². The highest BCUT2D eigenvalue weighted by Crippen LogP contribution is 2.22. The van der Waals surface area contributed by atoms with E-state index in [4.69, 9.17) is 0 Å². The van der Waals surface area contributed by atoms with Crippen LogP contribution in [-0.2, 0) is 16.0 Å². The number of alkyl carbamates (subject to hydrolysis) is 1. The Balaban J connectivity index is 2.78. The maximum atomic E-state index is 11.9. The Bertz CT molecular complexity index is 497. The minimum absolute atomic E-state index is 0.0318. The molecule has 1 aromatic rings. The van der Waals surface area contributed by atoms with Crippen molar-refractivity contribution in [2.24, 2.45) is 5.92 Å². The van der Waals surface area contributed by atoms with Gasteiger partial charge in [0.1, 0.15) is 0 Å². The number of methoxy groups -OCH3 is 1. The molecule has 5 heteroatoms.